The molecule has 0 aromatic heterocycles. The smallest absolute Gasteiger partial charge is 0.234 e. The molecule has 1 saturated heterocycles. The van der Waals surface area contributed by atoms with Gasteiger partial charge in [-0.2, -0.15) is 0 Å². The maximum absolute atomic E-state index is 12.0. The largest absolute Gasteiger partial charge is 0.355 e. The lowest BCUT2D eigenvalue weighted by molar-refractivity contribution is -0.113. The Bertz CT molecular complexity index is 560. The maximum Gasteiger partial charge on any atom is 0.234 e. The number of likely N-dealkylation sites (N-methyl/N-ethyl adjacent to an activating group) is 1. The minimum Gasteiger partial charge on any atom is -0.355 e. The molecule has 1 aromatic rings. The number of piperazine rings is 1. The molecule has 1 aliphatic rings. The van der Waals surface area contributed by atoms with Gasteiger partial charge in [0.1, 0.15) is 4.32 Å². The summed E-state index contributed by atoms with van der Waals surface area (Å²) in [7, 11) is 2.10. The van der Waals surface area contributed by atoms with E-state index in [0.717, 1.165) is 36.1 Å². The minimum atomic E-state index is -0.0682. The molecule has 22 heavy (non-hydrogen) atoms. The number of carbonyl (C=O) groups excluding carboxylic acids is 1. The number of thiocarbonyl (C=S) groups is 1. The lowest BCUT2D eigenvalue weighted by Crippen LogP contribution is -2.46. The van der Waals surface area contributed by atoms with E-state index in [1.165, 1.54) is 11.8 Å². The number of hydrogen-bond donors (Lipinski definition) is 1. The maximum atomic E-state index is 12.0. The number of benzene rings is 1. The molecule has 0 atom stereocenters. The third-order valence-corrected chi connectivity index (χ3v) is 5.47. The molecule has 1 fully saturated rings. The van der Waals surface area contributed by atoms with Crippen LogP contribution in [0.3, 0.4) is 0 Å². The number of hydrogen-bond acceptors (Lipinski definition) is 4. The minimum absolute atomic E-state index is 0.0682. The molecule has 2 rings (SSSR count). The lowest BCUT2D eigenvalue weighted by atomic mass is 10.2. The van der Waals surface area contributed by atoms with E-state index in [2.05, 4.69) is 22.2 Å². The molecule has 1 aliphatic heterocycles. The van der Waals surface area contributed by atoms with Crippen LogP contribution < -0.4 is 5.32 Å². The molecule has 4 nitrogen and oxygen atoms in total. The molecule has 0 bridgehead atoms. The summed E-state index contributed by atoms with van der Waals surface area (Å²) in [4.78, 5) is 16.4. The van der Waals surface area contributed by atoms with Gasteiger partial charge in [0.25, 0.3) is 0 Å². The van der Waals surface area contributed by atoms with Crippen LogP contribution in [0, 0.1) is 6.92 Å². The van der Waals surface area contributed by atoms with Crippen molar-refractivity contribution in [3.05, 3.63) is 28.8 Å². The second-order valence-electron chi connectivity index (χ2n) is 5.36. The van der Waals surface area contributed by atoms with Gasteiger partial charge in [-0.3, -0.25) is 4.79 Å². The Kier molecular flexibility index (Phi) is 6.50. The van der Waals surface area contributed by atoms with Crippen molar-refractivity contribution in [1.82, 2.24) is 9.80 Å². The van der Waals surface area contributed by atoms with E-state index in [0.29, 0.717) is 16.5 Å². The first-order valence-corrected chi connectivity index (χ1v) is 8.89. The van der Waals surface area contributed by atoms with E-state index in [4.69, 9.17) is 23.8 Å². The van der Waals surface area contributed by atoms with Crippen molar-refractivity contribution in [1.29, 1.82) is 0 Å². The normalized spacial score (nSPS) is 15.7. The number of rotatable bonds is 3. The lowest BCUT2D eigenvalue weighted by Gasteiger charge is -2.33. The molecule has 0 aliphatic carbocycles. The Morgan fingerprint density at radius 1 is 1.36 bits per heavy atom. The third kappa shape index (κ3) is 5.12. The monoisotopic (exact) mass is 357 g/mol. The molecule has 1 N–H and O–H groups in total. The number of nitrogens with zero attached hydrogens (tertiary/aromatic N) is 2. The van der Waals surface area contributed by atoms with E-state index in [-0.39, 0.29) is 5.91 Å². The second kappa shape index (κ2) is 8.15. The molecule has 120 valence electrons. The van der Waals surface area contributed by atoms with E-state index < -0.39 is 0 Å². The number of anilines is 1. The number of nitrogens with one attached hydrogen (secondary N) is 1. The Morgan fingerprint density at radius 2 is 2.05 bits per heavy atom. The van der Waals surface area contributed by atoms with E-state index in [1.54, 1.807) is 6.07 Å². The summed E-state index contributed by atoms with van der Waals surface area (Å²) in [5.74, 6) is 0.248. The fourth-order valence-corrected chi connectivity index (χ4v) is 3.31. The van der Waals surface area contributed by atoms with Crippen LogP contribution >= 0.6 is 35.6 Å². The Labute approximate surface area is 146 Å². The van der Waals surface area contributed by atoms with Gasteiger partial charge in [0.15, 0.2) is 0 Å². The average Bonchev–Trinajstić information content (AvgIpc) is 2.49. The molecular weight excluding hydrogens is 338 g/mol. The highest BCUT2D eigenvalue weighted by molar-refractivity contribution is 8.23. The first kappa shape index (κ1) is 17.5. The van der Waals surface area contributed by atoms with Crippen LogP contribution in [0.2, 0.25) is 5.02 Å². The Morgan fingerprint density at radius 3 is 2.68 bits per heavy atom. The van der Waals surface area contributed by atoms with Crippen LogP contribution in [0.25, 0.3) is 0 Å². The van der Waals surface area contributed by atoms with Gasteiger partial charge >= 0.3 is 0 Å². The summed E-state index contributed by atoms with van der Waals surface area (Å²) in [5.41, 5.74) is 1.71. The topological polar surface area (TPSA) is 35.6 Å². The summed E-state index contributed by atoms with van der Waals surface area (Å²) in [5, 5.41) is 3.50. The first-order valence-electron chi connectivity index (χ1n) is 7.12. The van der Waals surface area contributed by atoms with Crippen molar-refractivity contribution < 1.29 is 4.79 Å². The standard InChI is InChI=1S/C15H20ClN3OS2/c1-11-3-4-12(9-13(11)16)17-14(20)10-22-15(21)19-7-5-18(2)6-8-19/h3-4,9H,5-8,10H2,1-2H3,(H,17,20). The fourth-order valence-electron chi connectivity index (χ4n) is 2.08. The fraction of sp³-hybridized carbons (Fsp3) is 0.467. The zero-order valence-electron chi connectivity index (χ0n) is 12.8. The number of halogens is 1. The number of carbonyl (C=O) groups is 1. The van der Waals surface area contributed by atoms with E-state index in [1.807, 2.05) is 19.1 Å². The van der Waals surface area contributed by atoms with Crippen LogP contribution in [0.4, 0.5) is 5.69 Å². The van der Waals surface area contributed by atoms with Crippen molar-refractivity contribution >= 4 is 51.5 Å². The Balaban J connectivity index is 1.77. The summed E-state index contributed by atoms with van der Waals surface area (Å²) >= 11 is 12.9. The van der Waals surface area contributed by atoms with Gasteiger partial charge in [-0.1, -0.05) is 41.6 Å². The third-order valence-electron chi connectivity index (χ3n) is 3.54. The quantitative estimate of drug-likeness (QED) is 0.842. The van der Waals surface area contributed by atoms with Gasteiger partial charge in [0.2, 0.25) is 5.91 Å². The highest BCUT2D eigenvalue weighted by Crippen LogP contribution is 2.20. The van der Waals surface area contributed by atoms with Crippen molar-refractivity contribution in [2.45, 2.75) is 6.92 Å². The molecule has 0 radical (unpaired) electrons. The predicted molar refractivity (Wildman–Crippen MR) is 98.9 cm³/mol. The predicted octanol–water partition coefficient (Wildman–Crippen LogP) is 2.85. The van der Waals surface area contributed by atoms with Crippen molar-refractivity contribution in [2.75, 3.05) is 44.3 Å². The van der Waals surface area contributed by atoms with Crippen LogP contribution in [-0.2, 0) is 4.79 Å². The van der Waals surface area contributed by atoms with Gasteiger partial charge in [-0.15, -0.1) is 0 Å². The van der Waals surface area contributed by atoms with E-state index in [9.17, 15) is 4.79 Å². The SMILES string of the molecule is Cc1ccc(NC(=O)CSC(=S)N2CCN(C)CC2)cc1Cl. The molecule has 1 heterocycles. The molecule has 0 unspecified atom stereocenters. The van der Waals surface area contributed by atoms with Crippen LogP contribution in [0.15, 0.2) is 18.2 Å². The van der Waals surface area contributed by atoms with Gasteiger partial charge < -0.3 is 15.1 Å². The Hall–Kier alpha value is -0.820. The van der Waals surface area contributed by atoms with Gasteiger partial charge in [0, 0.05) is 36.9 Å². The average molecular weight is 358 g/mol. The highest BCUT2D eigenvalue weighted by atomic mass is 35.5. The summed E-state index contributed by atoms with van der Waals surface area (Å²) in [6.07, 6.45) is 0. The highest BCUT2D eigenvalue weighted by Gasteiger charge is 2.17. The zero-order chi connectivity index (χ0) is 16.1. The van der Waals surface area contributed by atoms with Gasteiger partial charge in [-0.25, -0.2) is 0 Å². The molecular formula is C15H20ClN3OS2. The number of amides is 1. The summed E-state index contributed by atoms with van der Waals surface area (Å²) in [6, 6.07) is 5.50. The van der Waals surface area contributed by atoms with Crippen LogP contribution in [0.1, 0.15) is 5.56 Å². The number of aryl methyl sites for hydroxylation is 1. The summed E-state index contributed by atoms with van der Waals surface area (Å²) in [6.45, 7) is 5.80. The van der Waals surface area contributed by atoms with Gasteiger partial charge in [-0.05, 0) is 31.7 Å². The molecule has 7 heteroatoms. The van der Waals surface area contributed by atoms with Crippen LogP contribution in [-0.4, -0.2) is 59.0 Å². The zero-order valence-corrected chi connectivity index (χ0v) is 15.2. The van der Waals surface area contributed by atoms with Crippen molar-refractivity contribution in [3.63, 3.8) is 0 Å². The molecule has 1 amide bonds. The molecule has 1 aromatic carbocycles. The van der Waals surface area contributed by atoms with Crippen molar-refractivity contribution in [2.24, 2.45) is 0 Å². The van der Waals surface area contributed by atoms with Gasteiger partial charge in [0.05, 0.1) is 5.75 Å². The number of thioether (sulfide) groups is 1. The molecule has 0 saturated carbocycles. The first-order chi connectivity index (χ1) is 10.5. The molecule has 0 spiro atoms. The van der Waals surface area contributed by atoms with E-state index >= 15 is 0 Å². The summed E-state index contributed by atoms with van der Waals surface area (Å²) < 4.78 is 0.796. The van der Waals surface area contributed by atoms with Crippen LogP contribution in [0.5, 0.6) is 0 Å². The van der Waals surface area contributed by atoms with Crippen molar-refractivity contribution in [3.8, 4) is 0 Å². The second-order valence-corrected chi connectivity index (χ2v) is 7.37.